The van der Waals surface area contributed by atoms with Crippen LogP contribution in [0.3, 0.4) is 0 Å². The first-order valence-corrected chi connectivity index (χ1v) is 9.35. The highest BCUT2D eigenvalue weighted by Crippen LogP contribution is 2.14. The Bertz CT molecular complexity index is 792. The third-order valence-corrected chi connectivity index (χ3v) is 5.02. The maximum atomic E-state index is 12.8. The van der Waals surface area contributed by atoms with Crippen molar-refractivity contribution in [3.05, 3.63) is 34.7 Å². The SMILES string of the molecule is CCCn1c(=O)n(CCC(=O)N2CCNC(CC)C2)c2ccccc21. The summed E-state index contributed by atoms with van der Waals surface area (Å²) in [6.45, 7) is 7.71. The lowest BCUT2D eigenvalue weighted by molar-refractivity contribution is -0.132. The summed E-state index contributed by atoms with van der Waals surface area (Å²) in [5.41, 5.74) is 1.86. The van der Waals surface area contributed by atoms with Gasteiger partial charge in [0.1, 0.15) is 0 Å². The molecule has 1 aliphatic heterocycles. The maximum absolute atomic E-state index is 12.8. The van der Waals surface area contributed by atoms with E-state index in [1.807, 2.05) is 33.7 Å². The molecule has 0 aliphatic carbocycles. The Hall–Kier alpha value is -2.08. The molecule has 1 aromatic carbocycles. The molecule has 6 nitrogen and oxygen atoms in total. The summed E-state index contributed by atoms with van der Waals surface area (Å²) in [4.78, 5) is 27.3. The van der Waals surface area contributed by atoms with Gasteiger partial charge in [-0.05, 0) is 25.0 Å². The van der Waals surface area contributed by atoms with Gasteiger partial charge >= 0.3 is 5.69 Å². The molecule has 1 fully saturated rings. The number of para-hydroxylation sites is 2. The van der Waals surface area contributed by atoms with Gasteiger partial charge in [0.05, 0.1) is 11.0 Å². The van der Waals surface area contributed by atoms with Crippen LogP contribution < -0.4 is 11.0 Å². The van der Waals surface area contributed by atoms with Crippen LogP contribution in [0.2, 0.25) is 0 Å². The average Bonchev–Trinajstić information content (AvgIpc) is 2.92. The predicted octanol–water partition coefficient (Wildman–Crippen LogP) is 1.81. The normalized spacial score (nSPS) is 18.0. The van der Waals surface area contributed by atoms with Crippen molar-refractivity contribution < 1.29 is 4.79 Å². The highest BCUT2D eigenvalue weighted by molar-refractivity contribution is 5.78. The van der Waals surface area contributed by atoms with E-state index in [-0.39, 0.29) is 11.6 Å². The lowest BCUT2D eigenvalue weighted by Gasteiger charge is -2.33. The van der Waals surface area contributed by atoms with Gasteiger partial charge in [0.15, 0.2) is 0 Å². The van der Waals surface area contributed by atoms with Gasteiger partial charge in [-0.25, -0.2) is 4.79 Å². The van der Waals surface area contributed by atoms with E-state index < -0.39 is 0 Å². The van der Waals surface area contributed by atoms with Gasteiger partial charge in [-0.2, -0.15) is 0 Å². The number of aryl methyl sites for hydroxylation is 2. The third kappa shape index (κ3) is 3.63. The van der Waals surface area contributed by atoms with Crippen LogP contribution >= 0.6 is 0 Å². The van der Waals surface area contributed by atoms with Crippen molar-refractivity contribution in [1.29, 1.82) is 0 Å². The lowest BCUT2D eigenvalue weighted by Crippen LogP contribution is -2.52. The molecule has 1 saturated heterocycles. The topological polar surface area (TPSA) is 59.3 Å². The van der Waals surface area contributed by atoms with E-state index >= 15 is 0 Å². The standard InChI is InChI=1S/C19H28N4O2/c1-3-11-22-16-7-5-6-8-17(16)23(19(22)25)12-9-18(24)21-13-10-20-15(4-2)14-21/h5-8,15,20H,3-4,9-14H2,1-2H3. The quantitative estimate of drug-likeness (QED) is 0.869. The molecule has 1 amide bonds. The molecule has 0 radical (unpaired) electrons. The van der Waals surface area contributed by atoms with Crippen LogP contribution in [0.4, 0.5) is 0 Å². The van der Waals surface area contributed by atoms with E-state index in [0.717, 1.165) is 43.5 Å². The van der Waals surface area contributed by atoms with E-state index in [1.165, 1.54) is 0 Å². The molecule has 1 unspecified atom stereocenters. The molecule has 1 atom stereocenters. The largest absolute Gasteiger partial charge is 0.340 e. The Morgan fingerprint density at radius 1 is 1.16 bits per heavy atom. The second-order valence-electron chi connectivity index (χ2n) is 6.72. The molecule has 1 aliphatic rings. The molecule has 0 spiro atoms. The van der Waals surface area contributed by atoms with Crippen LogP contribution in [0.25, 0.3) is 11.0 Å². The number of hydrogen-bond donors (Lipinski definition) is 1. The first kappa shape index (κ1) is 17.7. The summed E-state index contributed by atoms with van der Waals surface area (Å²) in [6.07, 6.45) is 2.30. The molecule has 136 valence electrons. The van der Waals surface area contributed by atoms with Gasteiger partial charge in [0.25, 0.3) is 0 Å². The van der Waals surface area contributed by atoms with Gasteiger partial charge in [-0.15, -0.1) is 0 Å². The Kier molecular flexibility index (Phi) is 5.58. The molecule has 25 heavy (non-hydrogen) atoms. The van der Waals surface area contributed by atoms with Crippen molar-refractivity contribution in [2.24, 2.45) is 0 Å². The molecular weight excluding hydrogens is 316 g/mol. The second kappa shape index (κ2) is 7.87. The number of carbonyl (C=O) groups excluding carboxylic acids is 1. The van der Waals surface area contributed by atoms with Crippen LogP contribution in [-0.4, -0.2) is 45.6 Å². The summed E-state index contributed by atoms with van der Waals surface area (Å²) in [5, 5.41) is 3.43. The zero-order valence-corrected chi connectivity index (χ0v) is 15.2. The number of piperazine rings is 1. The third-order valence-electron chi connectivity index (χ3n) is 5.02. The Morgan fingerprint density at radius 3 is 2.48 bits per heavy atom. The zero-order valence-electron chi connectivity index (χ0n) is 15.2. The fourth-order valence-corrected chi connectivity index (χ4v) is 3.62. The maximum Gasteiger partial charge on any atom is 0.329 e. The van der Waals surface area contributed by atoms with Crippen molar-refractivity contribution in [3.63, 3.8) is 0 Å². The minimum Gasteiger partial charge on any atom is -0.340 e. The molecule has 0 bridgehead atoms. The molecule has 2 aromatic rings. The highest BCUT2D eigenvalue weighted by atomic mass is 16.2. The number of nitrogens with one attached hydrogen (secondary N) is 1. The number of amides is 1. The summed E-state index contributed by atoms with van der Waals surface area (Å²) in [5.74, 6) is 0.138. The van der Waals surface area contributed by atoms with Gasteiger partial charge < -0.3 is 10.2 Å². The molecule has 0 saturated carbocycles. The first-order valence-electron chi connectivity index (χ1n) is 9.35. The molecule has 6 heteroatoms. The van der Waals surface area contributed by atoms with Crippen molar-refractivity contribution >= 4 is 16.9 Å². The van der Waals surface area contributed by atoms with E-state index in [2.05, 4.69) is 19.2 Å². The molecule has 2 heterocycles. The smallest absolute Gasteiger partial charge is 0.329 e. The van der Waals surface area contributed by atoms with Crippen molar-refractivity contribution in [2.75, 3.05) is 19.6 Å². The molecule has 1 aromatic heterocycles. The van der Waals surface area contributed by atoms with Crippen LogP contribution in [0.15, 0.2) is 29.1 Å². The van der Waals surface area contributed by atoms with Gasteiger partial charge in [0, 0.05) is 45.2 Å². The zero-order chi connectivity index (χ0) is 17.8. The number of carbonyl (C=O) groups is 1. The van der Waals surface area contributed by atoms with Crippen LogP contribution in [-0.2, 0) is 17.9 Å². The minimum atomic E-state index is -0.0115. The highest BCUT2D eigenvalue weighted by Gasteiger charge is 2.22. The average molecular weight is 344 g/mol. The van der Waals surface area contributed by atoms with Crippen LogP contribution in [0.5, 0.6) is 0 Å². The number of fused-ring (bicyclic) bond motifs is 1. The Balaban J connectivity index is 1.76. The number of rotatable bonds is 6. The van der Waals surface area contributed by atoms with E-state index in [0.29, 0.717) is 25.6 Å². The fraction of sp³-hybridized carbons (Fsp3) is 0.579. The summed E-state index contributed by atoms with van der Waals surface area (Å²) in [7, 11) is 0. The van der Waals surface area contributed by atoms with E-state index in [4.69, 9.17) is 0 Å². The van der Waals surface area contributed by atoms with Crippen molar-refractivity contribution in [1.82, 2.24) is 19.4 Å². The predicted molar refractivity (Wildman–Crippen MR) is 99.8 cm³/mol. The second-order valence-corrected chi connectivity index (χ2v) is 6.72. The van der Waals surface area contributed by atoms with Crippen molar-refractivity contribution in [3.8, 4) is 0 Å². The molecule has 1 N–H and O–H groups in total. The number of imidazole rings is 1. The van der Waals surface area contributed by atoms with Gasteiger partial charge in [0.2, 0.25) is 5.91 Å². The lowest BCUT2D eigenvalue weighted by atomic mass is 10.1. The number of aromatic nitrogens is 2. The monoisotopic (exact) mass is 344 g/mol. The number of nitrogens with zero attached hydrogens (tertiary/aromatic N) is 3. The summed E-state index contributed by atoms with van der Waals surface area (Å²) >= 11 is 0. The van der Waals surface area contributed by atoms with Crippen molar-refractivity contribution in [2.45, 2.75) is 52.2 Å². The Morgan fingerprint density at radius 2 is 1.84 bits per heavy atom. The molecular formula is C19H28N4O2. The van der Waals surface area contributed by atoms with Gasteiger partial charge in [-0.3, -0.25) is 13.9 Å². The summed E-state index contributed by atoms with van der Waals surface area (Å²) < 4.78 is 3.57. The Labute approximate surface area is 148 Å². The van der Waals surface area contributed by atoms with Crippen LogP contribution in [0, 0.1) is 0 Å². The molecule has 3 rings (SSSR count). The van der Waals surface area contributed by atoms with Gasteiger partial charge in [-0.1, -0.05) is 26.0 Å². The van der Waals surface area contributed by atoms with E-state index in [1.54, 1.807) is 4.57 Å². The van der Waals surface area contributed by atoms with E-state index in [9.17, 15) is 9.59 Å². The number of hydrogen-bond acceptors (Lipinski definition) is 3. The summed E-state index contributed by atoms with van der Waals surface area (Å²) in [6, 6.07) is 8.22. The number of benzene rings is 1. The fourth-order valence-electron chi connectivity index (χ4n) is 3.62. The van der Waals surface area contributed by atoms with Crippen LogP contribution in [0.1, 0.15) is 33.1 Å². The minimum absolute atomic E-state index is 0.0115. The first-order chi connectivity index (χ1) is 12.2.